The fourth-order valence-corrected chi connectivity index (χ4v) is 2.73. The molecule has 1 aliphatic rings. The summed E-state index contributed by atoms with van der Waals surface area (Å²) in [4.78, 5) is 20.8. The van der Waals surface area contributed by atoms with Gasteiger partial charge in [-0.15, -0.1) is 0 Å². The van der Waals surface area contributed by atoms with Crippen molar-refractivity contribution in [1.29, 1.82) is 0 Å². The first-order valence-electron chi connectivity index (χ1n) is 7.89. The van der Waals surface area contributed by atoms with Gasteiger partial charge < -0.3 is 15.4 Å². The van der Waals surface area contributed by atoms with E-state index in [0.717, 1.165) is 25.1 Å². The molecule has 1 aromatic carbocycles. The van der Waals surface area contributed by atoms with Gasteiger partial charge in [0, 0.05) is 19.2 Å². The molecule has 1 aromatic heterocycles. The number of aromatic nitrogens is 2. The highest BCUT2D eigenvalue weighted by molar-refractivity contribution is 6.33. The van der Waals surface area contributed by atoms with Gasteiger partial charge in [-0.25, -0.2) is 9.97 Å². The van der Waals surface area contributed by atoms with Crippen LogP contribution in [0, 0.1) is 6.92 Å². The number of benzene rings is 1. The number of halogens is 1. The summed E-state index contributed by atoms with van der Waals surface area (Å²) in [6.07, 6.45) is 2.11. The third-order valence-corrected chi connectivity index (χ3v) is 4.05. The van der Waals surface area contributed by atoms with Crippen molar-refractivity contribution in [3.8, 4) is 0 Å². The van der Waals surface area contributed by atoms with Crippen molar-refractivity contribution in [1.82, 2.24) is 15.3 Å². The lowest BCUT2D eigenvalue weighted by atomic mass is 10.2. The van der Waals surface area contributed by atoms with Crippen molar-refractivity contribution in [2.45, 2.75) is 25.9 Å². The second-order valence-electron chi connectivity index (χ2n) is 5.64. The highest BCUT2D eigenvalue weighted by Gasteiger charge is 2.18. The lowest BCUT2D eigenvalue weighted by Gasteiger charge is -2.12. The molecule has 1 amide bonds. The third kappa shape index (κ3) is 4.21. The minimum Gasteiger partial charge on any atom is -0.376 e. The van der Waals surface area contributed by atoms with Crippen LogP contribution in [0.1, 0.15) is 29.2 Å². The van der Waals surface area contributed by atoms with Crippen LogP contribution < -0.4 is 10.6 Å². The summed E-state index contributed by atoms with van der Waals surface area (Å²) in [5.41, 5.74) is 1.04. The van der Waals surface area contributed by atoms with Gasteiger partial charge in [0.25, 0.3) is 5.91 Å². The molecule has 2 aromatic rings. The van der Waals surface area contributed by atoms with Crippen molar-refractivity contribution >= 4 is 29.0 Å². The molecule has 0 bridgehead atoms. The smallest absolute Gasteiger partial charge is 0.270 e. The minimum atomic E-state index is -0.238. The molecule has 1 atom stereocenters. The van der Waals surface area contributed by atoms with E-state index in [1.807, 2.05) is 18.2 Å². The number of nitrogens with one attached hydrogen (secondary N) is 2. The van der Waals surface area contributed by atoms with Crippen molar-refractivity contribution in [3.63, 3.8) is 0 Å². The Kier molecular flexibility index (Phi) is 5.27. The van der Waals surface area contributed by atoms with Crippen LogP contribution in [0.25, 0.3) is 0 Å². The number of aryl methyl sites for hydroxylation is 1. The van der Waals surface area contributed by atoms with Gasteiger partial charge in [0.1, 0.15) is 17.3 Å². The Morgan fingerprint density at radius 3 is 2.96 bits per heavy atom. The van der Waals surface area contributed by atoms with Crippen molar-refractivity contribution in [2.24, 2.45) is 0 Å². The van der Waals surface area contributed by atoms with Gasteiger partial charge >= 0.3 is 0 Å². The summed E-state index contributed by atoms with van der Waals surface area (Å²) in [5, 5.41) is 6.56. The lowest BCUT2D eigenvalue weighted by Crippen LogP contribution is -2.32. The van der Waals surface area contributed by atoms with E-state index in [-0.39, 0.29) is 12.0 Å². The van der Waals surface area contributed by atoms with E-state index in [9.17, 15) is 4.79 Å². The number of ether oxygens (including phenoxy) is 1. The zero-order chi connectivity index (χ0) is 16.9. The Bertz CT molecular complexity index is 732. The molecule has 0 radical (unpaired) electrons. The summed E-state index contributed by atoms with van der Waals surface area (Å²) >= 11 is 6.14. The zero-order valence-electron chi connectivity index (χ0n) is 13.4. The average molecular weight is 347 g/mol. The number of anilines is 2. The van der Waals surface area contributed by atoms with Gasteiger partial charge in [0.15, 0.2) is 0 Å². The van der Waals surface area contributed by atoms with Gasteiger partial charge in [-0.1, -0.05) is 23.7 Å². The summed E-state index contributed by atoms with van der Waals surface area (Å²) in [6.45, 7) is 3.00. The number of rotatable bonds is 5. The fourth-order valence-electron chi connectivity index (χ4n) is 2.55. The van der Waals surface area contributed by atoms with E-state index in [0.29, 0.717) is 28.9 Å². The van der Waals surface area contributed by atoms with Gasteiger partial charge in [-0.3, -0.25) is 4.79 Å². The van der Waals surface area contributed by atoms with Crippen LogP contribution >= 0.6 is 11.6 Å². The van der Waals surface area contributed by atoms with Crippen LogP contribution in [0.4, 0.5) is 11.5 Å². The quantitative estimate of drug-likeness (QED) is 0.870. The molecular weight excluding hydrogens is 328 g/mol. The first kappa shape index (κ1) is 16.7. The van der Waals surface area contributed by atoms with Gasteiger partial charge in [-0.2, -0.15) is 0 Å². The number of para-hydroxylation sites is 1. The average Bonchev–Trinajstić information content (AvgIpc) is 3.08. The SMILES string of the molecule is Cc1nc(Nc2ccccc2Cl)cc(C(=O)NCC2CCCO2)n1. The predicted molar refractivity (Wildman–Crippen MR) is 92.8 cm³/mol. The normalized spacial score (nSPS) is 16.8. The van der Waals surface area contributed by atoms with E-state index in [4.69, 9.17) is 16.3 Å². The zero-order valence-corrected chi connectivity index (χ0v) is 14.1. The maximum absolute atomic E-state index is 12.3. The summed E-state index contributed by atoms with van der Waals surface area (Å²) in [7, 11) is 0. The minimum absolute atomic E-state index is 0.0950. The molecule has 24 heavy (non-hydrogen) atoms. The van der Waals surface area contributed by atoms with E-state index >= 15 is 0 Å². The topological polar surface area (TPSA) is 76.1 Å². The summed E-state index contributed by atoms with van der Waals surface area (Å²) in [5.74, 6) is 0.797. The Balaban J connectivity index is 1.71. The number of hydrogen-bond acceptors (Lipinski definition) is 5. The van der Waals surface area contributed by atoms with Gasteiger partial charge in [0.2, 0.25) is 0 Å². The van der Waals surface area contributed by atoms with Crippen LogP contribution in [-0.4, -0.2) is 35.1 Å². The Hall–Kier alpha value is -2.18. The Labute approximate surface area is 145 Å². The van der Waals surface area contributed by atoms with Crippen LogP contribution in [0.3, 0.4) is 0 Å². The largest absolute Gasteiger partial charge is 0.376 e. The highest BCUT2D eigenvalue weighted by Crippen LogP contribution is 2.24. The van der Waals surface area contributed by atoms with E-state index < -0.39 is 0 Å². The van der Waals surface area contributed by atoms with Gasteiger partial charge in [-0.05, 0) is 31.9 Å². The molecule has 1 aliphatic heterocycles. The Morgan fingerprint density at radius 1 is 1.38 bits per heavy atom. The molecule has 1 saturated heterocycles. The van der Waals surface area contributed by atoms with E-state index in [2.05, 4.69) is 20.6 Å². The van der Waals surface area contributed by atoms with Crippen molar-refractivity contribution < 1.29 is 9.53 Å². The molecule has 6 nitrogen and oxygen atoms in total. The molecular formula is C17H19ClN4O2. The number of carbonyl (C=O) groups excluding carboxylic acids is 1. The molecule has 7 heteroatoms. The standard InChI is InChI=1S/C17H19ClN4O2/c1-11-20-15(17(23)19-10-12-5-4-8-24-12)9-16(21-11)22-14-7-3-2-6-13(14)18/h2-3,6-7,9,12H,4-5,8,10H2,1H3,(H,19,23)(H,20,21,22). The van der Waals surface area contributed by atoms with E-state index in [1.165, 1.54) is 0 Å². The first-order valence-corrected chi connectivity index (χ1v) is 8.26. The molecule has 126 valence electrons. The highest BCUT2D eigenvalue weighted by atomic mass is 35.5. The third-order valence-electron chi connectivity index (χ3n) is 3.72. The molecule has 3 rings (SSSR count). The fraction of sp³-hybridized carbons (Fsp3) is 0.353. The molecule has 2 heterocycles. The molecule has 0 aliphatic carbocycles. The number of amides is 1. The second-order valence-corrected chi connectivity index (χ2v) is 6.04. The van der Waals surface area contributed by atoms with Crippen LogP contribution in [0.2, 0.25) is 5.02 Å². The Morgan fingerprint density at radius 2 is 2.21 bits per heavy atom. The molecule has 0 saturated carbocycles. The lowest BCUT2D eigenvalue weighted by molar-refractivity contribution is 0.0853. The molecule has 2 N–H and O–H groups in total. The van der Waals surface area contributed by atoms with Gasteiger partial charge in [0.05, 0.1) is 16.8 Å². The molecule has 1 unspecified atom stereocenters. The van der Waals surface area contributed by atoms with Crippen LogP contribution in [0.5, 0.6) is 0 Å². The van der Waals surface area contributed by atoms with Crippen LogP contribution in [-0.2, 0) is 4.74 Å². The predicted octanol–water partition coefficient (Wildman–Crippen LogP) is 3.09. The van der Waals surface area contributed by atoms with Crippen molar-refractivity contribution in [3.05, 3.63) is 46.9 Å². The monoisotopic (exact) mass is 346 g/mol. The second kappa shape index (κ2) is 7.59. The maximum atomic E-state index is 12.3. The molecule has 1 fully saturated rings. The molecule has 0 spiro atoms. The van der Waals surface area contributed by atoms with Crippen molar-refractivity contribution in [2.75, 3.05) is 18.5 Å². The maximum Gasteiger partial charge on any atom is 0.270 e. The van der Waals surface area contributed by atoms with Crippen LogP contribution in [0.15, 0.2) is 30.3 Å². The number of hydrogen-bond donors (Lipinski definition) is 2. The van der Waals surface area contributed by atoms with E-state index in [1.54, 1.807) is 19.1 Å². The number of nitrogens with zero attached hydrogens (tertiary/aromatic N) is 2. The number of carbonyl (C=O) groups is 1. The summed E-state index contributed by atoms with van der Waals surface area (Å²) < 4.78 is 5.50. The summed E-state index contributed by atoms with van der Waals surface area (Å²) in [6, 6.07) is 8.96. The first-order chi connectivity index (χ1) is 11.6.